The molecule has 2 heterocycles. The van der Waals surface area contributed by atoms with E-state index in [0.29, 0.717) is 0 Å². The number of nitrogens with one attached hydrogen (secondary N) is 2. The lowest BCUT2D eigenvalue weighted by atomic mass is 9.80. The van der Waals surface area contributed by atoms with E-state index in [2.05, 4.69) is 5.32 Å². The zero-order valence-electron chi connectivity index (χ0n) is 10.5. The van der Waals surface area contributed by atoms with Crippen LogP contribution in [-0.4, -0.2) is 58.1 Å². The van der Waals surface area contributed by atoms with Gasteiger partial charge in [0.15, 0.2) is 0 Å². The van der Waals surface area contributed by atoms with Gasteiger partial charge in [-0.2, -0.15) is 0 Å². The van der Waals surface area contributed by atoms with E-state index < -0.39 is 36.4 Å². The second kappa shape index (κ2) is 5.01. The van der Waals surface area contributed by atoms with Crippen molar-refractivity contribution in [3.05, 3.63) is 12.2 Å². The molecule has 5 atom stereocenters. The van der Waals surface area contributed by atoms with Crippen LogP contribution in [0.5, 0.6) is 0 Å². The average molecular weight is 270 g/mol. The van der Waals surface area contributed by atoms with Crippen molar-refractivity contribution >= 4 is 11.7 Å². The Morgan fingerprint density at radius 2 is 2.05 bits per heavy atom. The van der Waals surface area contributed by atoms with Crippen molar-refractivity contribution in [1.29, 1.82) is 5.41 Å². The molecular weight excluding hydrogens is 252 g/mol. The highest BCUT2D eigenvalue weighted by Crippen LogP contribution is 2.34. The fraction of sp³-hybridized carbons (Fsp3) is 0.667. The van der Waals surface area contributed by atoms with Gasteiger partial charge in [0.2, 0.25) is 5.91 Å². The van der Waals surface area contributed by atoms with E-state index in [1.54, 1.807) is 13.0 Å². The summed E-state index contributed by atoms with van der Waals surface area (Å²) >= 11 is 0. The molecule has 1 saturated heterocycles. The van der Waals surface area contributed by atoms with E-state index >= 15 is 0 Å². The van der Waals surface area contributed by atoms with Crippen molar-refractivity contribution < 1.29 is 24.9 Å². The Balaban J connectivity index is 2.11. The number of hydrogen-bond donors (Lipinski definition) is 5. The predicted octanol–water partition coefficient (Wildman–Crippen LogP) is -1.47. The predicted molar refractivity (Wildman–Crippen MR) is 65.5 cm³/mol. The van der Waals surface area contributed by atoms with Gasteiger partial charge in [0.05, 0.1) is 18.1 Å². The van der Waals surface area contributed by atoms with Crippen molar-refractivity contribution in [2.75, 3.05) is 6.61 Å². The quantitative estimate of drug-likeness (QED) is 0.428. The SMILES string of the molecule is C[C@]1(C[C@@H]2O[C@H](CO)[C@@H](O)[C@@H]2O)C=CC(=N)NC1=O. The molecule has 19 heavy (non-hydrogen) atoms. The van der Waals surface area contributed by atoms with E-state index in [1.807, 2.05) is 0 Å². The van der Waals surface area contributed by atoms with Gasteiger partial charge in [-0.1, -0.05) is 6.08 Å². The maximum atomic E-state index is 11.9. The highest BCUT2D eigenvalue weighted by molar-refractivity contribution is 6.08. The van der Waals surface area contributed by atoms with Gasteiger partial charge in [0.1, 0.15) is 24.1 Å². The second-order valence-electron chi connectivity index (χ2n) is 5.20. The van der Waals surface area contributed by atoms with Crippen LogP contribution in [0.2, 0.25) is 0 Å². The average Bonchev–Trinajstić information content (AvgIpc) is 2.63. The van der Waals surface area contributed by atoms with Gasteiger partial charge in [-0.25, -0.2) is 0 Å². The highest BCUT2D eigenvalue weighted by Gasteiger charge is 2.46. The molecule has 0 aromatic carbocycles. The minimum atomic E-state index is -1.16. The third-order valence-electron chi connectivity index (χ3n) is 3.65. The Hall–Kier alpha value is -1.28. The number of hydrogen-bond acceptors (Lipinski definition) is 6. The highest BCUT2D eigenvalue weighted by atomic mass is 16.6. The van der Waals surface area contributed by atoms with Crippen LogP contribution >= 0.6 is 0 Å². The summed E-state index contributed by atoms with van der Waals surface area (Å²) in [4.78, 5) is 11.9. The first-order valence-electron chi connectivity index (χ1n) is 6.09. The zero-order chi connectivity index (χ0) is 14.2. The van der Waals surface area contributed by atoms with Crippen LogP contribution in [0.4, 0.5) is 0 Å². The first-order chi connectivity index (χ1) is 8.87. The molecule has 0 bridgehead atoms. The number of aliphatic hydroxyl groups excluding tert-OH is 3. The van der Waals surface area contributed by atoms with Crippen LogP contribution in [-0.2, 0) is 9.53 Å². The van der Waals surface area contributed by atoms with Gasteiger partial charge in [0.25, 0.3) is 0 Å². The molecule has 5 N–H and O–H groups in total. The van der Waals surface area contributed by atoms with E-state index in [1.165, 1.54) is 6.08 Å². The van der Waals surface area contributed by atoms with Crippen molar-refractivity contribution in [3.8, 4) is 0 Å². The topological polar surface area (TPSA) is 123 Å². The van der Waals surface area contributed by atoms with Crippen LogP contribution in [0, 0.1) is 10.8 Å². The summed E-state index contributed by atoms with van der Waals surface area (Å²) in [6, 6.07) is 0. The van der Waals surface area contributed by atoms with E-state index in [9.17, 15) is 15.0 Å². The molecular formula is C12H18N2O5. The number of ether oxygens (including phenoxy) is 1. The van der Waals surface area contributed by atoms with E-state index in [0.717, 1.165) is 0 Å². The minimum Gasteiger partial charge on any atom is -0.394 e. The number of carbonyl (C=O) groups is 1. The fourth-order valence-electron chi connectivity index (χ4n) is 2.37. The Labute approximate surface area is 110 Å². The molecule has 7 heteroatoms. The van der Waals surface area contributed by atoms with Crippen LogP contribution < -0.4 is 5.32 Å². The third-order valence-corrected chi connectivity index (χ3v) is 3.65. The molecule has 0 radical (unpaired) electrons. The Bertz CT molecular complexity index is 424. The summed E-state index contributed by atoms with van der Waals surface area (Å²) < 4.78 is 5.36. The lowest BCUT2D eigenvalue weighted by Gasteiger charge is -2.31. The standard InChI is InChI=1S/C12H18N2O5/c1-12(3-2-8(13)14-11(12)18)4-6-9(16)10(17)7(5-15)19-6/h2-3,6-7,9-10,15-17H,4-5H2,1H3,(H2,13,14,18)/t6-,7+,9+,10+,12+/m0/s1. The van der Waals surface area contributed by atoms with Crippen LogP contribution in [0.3, 0.4) is 0 Å². The molecule has 2 aliphatic rings. The molecule has 2 aliphatic heterocycles. The number of amidine groups is 1. The first-order valence-corrected chi connectivity index (χ1v) is 6.09. The Morgan fingerprint density at radius 3 is 2.58 bits per heavy atom. The van der Waals surface area contributed by atoms with Crippen molar-refractivity contribution in [2.24, 2.45) is 5.41 Å². The van der Waals surface area contributed by atoms with Gasteiger partial charge in [0, 0.05) is 0 Å². The smallest absolute Gasteiger partial charge is 0.235 e. The minimum absolute atomic E-state index is 0.0173. The maximum absolute atomic E-state index is 11.9. The molecule has 1 amide bonds. The second-order valence-corrected chi connectivity index (χ2v) is 5.20. The normalized spacial score (nSPS) is 42.5. The molecule has 0 aromatic heterocycles. The summed E-state index contributed by atoms with van der Waals surface area (Å²) in [5.74, 6) is -0.332. The molecule has 0 unspecified atom stereocenters. The number of carbonyl (C=O) groups excluding carboxylic acids is 1. The monoisotopic (exact) mass is 270 g/mol. The Kier molecular flexibility index (Phi) is 3.73. The first kappa shape index (κ1) is 14.1. The van der Waals surface area contributed by atoms with Gasteiger partial charge < -0.3 is 25.4 Å². The molecule has 0 saturated carbocycles. The largest absolute Gasteiger partial charge is 0.394 e. The summed E-state index contributed by atoms with van der Waals surface area (Å²) in [5.41, 5.74) is -0.916. The molecule has 0 aromatic rings. The molecule has 1 fully saturated rings. The van der Waals surface area contributed by atoms with Crippen molar-refractivity contribution in [3.63, 3.8) is 0 Å². The van der Waals surface area contributed by atoms with Gasteiger partial charge in [-0.3, -0.25) is 10.2 Å². The van der Waals surface area contributed by atoms with Gasteiger partial charge in [-0.15, -0.1) is 0 Å². The number of rotatable bonds is 3. The fourth-order valence-corrected chi connectivity index (χ4v) is 2.37. The molecule has 0 aliphatic carbocycles. The van der Waals surface area contributed by atoms with Gasteiger partial charge >= 0.3 is 0 Å². The Morgan fingerprint density at radius 1 is 1.42 bits per heavy atom. The van der Waals surface area contributed by atoms with Crippen LogP contribution in [0.15, 0.2) is 12.2 Å². The summed E-state index contributed by atoms with van der Waals surface area (Å²) in [7, 11) is 0. The van der Waals surface area contributed by atoms with Gasteiger partial charge in [-0.05, 0) is 19.4 Å². The summed E-state index contributed by atoms with van der Waals surface area (Å²) in [6.07, 6.45) is -0.649. The van der Waals surface area contributed by atoms with Crippen molar-refractivity contribution in [1.82, 2.24) is 5.32 Å². The molecule has 0 spiro atoms. The molecule has 7 nitrogen and oxygen atoms in total. The molecule has 2 rings (SSSR count). The zero-order valence-corrected chi connectivity index (χ0v) is 10.5. The van der Waals surface area contributed by atoms with E-state index in [4.69, 9.17) is 15.3 Å². The maximum Gasteiger partial charge on any atom is 0.235 e. The lowest BCUT2D eigenvalue weighted by Crippen LogP contribution is -2.46. The molecule has 106 valence electrons. The number of aliphatic hydroxyl groups is 3. The van der Waals surface area contributed by atoms with Crippen LogP contribution in [0.25, 0.3) is 0 Å². The third kappa shape index (κ3) is 2.55. The summed E-state index contributed by atoms with van der Waals surface area (Å²) in [5, 5.41) is 38.3. The van der Waals surface area contributed by atoms with Crippen LogP contribution in [0.1, 0.15) is 13.3 Å². The van der Waals surface area contributed by atoms with E-state index in [-0.39, 0.29) is 18.2 Å². The number of amides is 1. The summed E-state index contributed by atoms with van der Waals surface area (Å²) in [6.45, 7) is 1.28. The lowest BCUT2D eigenvalue weighted by molar-refractivity contribution is -0.129. The van der Waals surface area contributed by atoms with Crippen molar-refractivity contribution in [2.45, 2.75) is 37.8 Å².